The molecule has 0 aliphatic carbocycles. The number of nitrogens with one attached hydrogen (secondary N) is 3. The average Bonchev–Trinajstić information content (AvgIpc) is 3.10. The number of H-pyrrole nitrogens is 2. The Kier molecular flexibility index (Phi) is 5.41. The minimum Gasteiger partial charge on any atom is -0.497 e. The van der Waals surface area contributed by atoms with Crippen molar-refractivity contribution in [3.8, 4) is 5.75 Å². The molecule has 3 N–H and O–H groups in total. The van der Waals surface area contributed by atoms with E-state index < -0.39 is 0 Å². The van der Waals surface area contributed by atoms with E-state index >= 15 is 0 Å². The van der Waals surface area contributed by atoms with Crippen LogP contribution in [0.1, 0.15) is 11.1 Å². The molecule has 30 heavy (non-hydrogen) atoms. The third kappa shape index (κ3) is 3.86. The third-order valence-electron chi connectivity index (χ3n) is 5.10. The van der Waals surface area contributed by atoms with E-state index in [9.17, 15) is 9.59 Å². The molecule has 1 amide bonds. The Labute approximate surface area is 177 Å². The minimum atomic E-state index is -0.336. The highest BCUT2D eigenvalue weighted by Gasteiger charge is 2.14. The molecule has 8 heteroatoms. The first kappa shape index (κ1) is 19.9. The second kappa shape index (κ2) is 8.16. The summed E-state index contributed by atoms with van der Waals surface area (Å²) in [5.41, 5.74) is 3.77. The first-order valence-corrected chi connectivity index (χ1v) is 10.0. The van der Waals surface area contributed by atoms with E-state index in [1.165, 1.54) is 10.1 Å². The molecule has 154 valence electrons. The van der Waals surface area contributed by atoms with Gasteiger partial charge in [-0.2, -0.15) is 0 Å². The van der Waals surface area contributed by atoms with Crippen molar-refractivity contribution in [1.29, 1.82) is 0 Å². The van der Waals surface area contributed by atoms with Gasteiger partial charge in [-0.1, -0.05) is 29.8 Å². The number of carbonyl (C=O) groups is 1. The highest BCUT2D eigenvalue weighted by molar-refractivity contribution is 7.71. The molecule has 0 radical (unpaired) electrons. The normalized spacial score (nSPS) is 11.1. The molecular weight excluding hydrogens is 400 g/mol. The number of fused-ring (bicyclic) bond motifs is 3. The molecule has 0 fully saturated rings. The number of ether oxygens (including phenoxy) is 1. The Bertz CT molecular complexity index is 1350. The lowest BCUT2D eigenvalue weighted by Gasteiger charge is -2.08. The summed E-state index contributed by atoms with van der Waals surface area (Å²) in [7, 11) is 1.59. The summed E-state index contributed by atoms with van der Waals surface area (Å²) in [5, 5.41) is 3.66. The number of aromatic amines is 2. The highest BCUT2D eigenvalue weighted by atomic mass is 32.1. The number of carbonyl (C=O) groups excluding carboxylic acids is 1. The summed E-state index contributed by atoms with van der Waals surface area (Å²) in [4.78, 5) is 31.6. The van der Waals surface area contributed by atoms with Gasteiger partial charge in [0, 0.05) is 17.4 Å². The summed E-state index contributed by atoms with van der Waals surface area (Å²) < 4.78 is 6.73. The van der Waals surface area contributed by atoms with Crippen LogP contribution in [0.3, 0.4) is 0 Å². The molecule has 0 aliphatic rings. The lowest BCUT2D eigenvalue weighted by Crippen LogP contribution is -2.34. The number of amides is 1. The van der Waals surface area contributed by atoms with Crippen LogP contribution in [-0.4, -0.2) is 34.1 Å². The average molecular weight is 423 g/mol. The zero-order chi connectivity index (χ0) is 21.3. The molecule has 2 heterocycles. The van der Waals surface area contributed by atoms with E-state index in [1.807, 2.05) is 49.4 Å². The summed E-state index contributed by atoms with van der Waals surface area (Å²) >= 11 is 5.36. The van der Waals surface area contributed by atoms with Gasteiger partial charge in [0.2, 0.25) is 5.91 Å². The van der Waals surface area contributed by atoms with Crippen LogP contribution >= 0.6 is 12.2 Å². The van der Waals surface area contributed by atoms with Crippen molar-refractivity contribution in [2.24, 2.45) is 0 Å². The SMILES string of the molecule is COc1ccc2[nH]c3c(=O)n(CC(=O)NCCc4ccc(C)cc4)c(=S)[nH]c3c2c1. The van der Waals surface area contributed by atoms with E-state index in [1.54, 1.807) is 7.11 Å². The molecule has 0 saturated carbocycles. The van der Waals surface area contributed by atoms with Crippen LogP contribution in [-0.2, 0) is 17.8 Å². The number of hydrogen-bond acceptors (Lipinski definition) is 4. The Balaban J connectivity index is 1.54. The molecular formula is C22H22N4O3S. The topological polar surface area (TPSA) is 91.9 Å². The van der Waals surface area contributed by atoms with Crippen LogP contribution in [0.15, 0.2) is 47.3 Å². The Morgan fingerprint density at radius 1 is 1.13 bits per heavy atom. The quantitative estimate of drug-likeness (QED) is 0.416. The van der Waals surface area contributed by atoms with Gasteiger partial charge in [-0.15, -0.1) is 0 Å². The summed E-state index contributed by atoms with van der Waals surface area (Å²) in [6.07, 6.45) is 0.719. The van der Waals surface area contributed by atoms with Crippen LogP contribution in [0.5, 0.6) is 5.75 Å². The molecule has 7 nitrogen and oxygen atoms in total. The smallest absolute Gasteiger partial charge is 0.279 e. The van der Waals surface area contributed by atoms with E-state index in [0.717, 1.165) is 22.9 Å². The number of aromatic nitrogens is 3. The van der Waals surface area contributed by atoms with E-state index in [2.05, 4.69) is 15.3 Å². The molecule has 4 aromatic rings. The van der Waals surface area contributed by atoms with Crippen molar-refractivity contribution >= 4 is 40.1 Å². The molecule has 0 bridgehead atoms. The van der Waals surface area contributed by atoms with E-state index in [-0.39, 0.29) is 22.8 Å². The lowest BCUT2D eigenvalue weighted by atomic mass is 10.1. The predicted octanol–water partition coefficient (Wildman–Crippen LogP) is 3.22. The molecule has 0 aliphatic heterocycles. The summed E-state index contributed by atoms with van der Waals surface area (Å²) in [6, 6.07) is 13.7. The first-order chi connectivity index (χ1) is 14.5. The second-order valence-corrected chi connectivity index (χ2v) is 7.58. The predicted molar refractivity (Wildman–Crippen MR) is 120 cm³/mol. The zero-order valence-corrected chi connectivity index (χ0v) is 17.6. The van der Waals surface area contributed by atoms with Crippen molar-refractivity contribution in [1.82, 2.24) is 19.9 Å². The second-order valence-electron chi connectivity index (χ2n) is 7.19. The maximum absolute atomic E-state index is 13.0. The maximum Gasteiger partial charge on any atom is 0.279 e. The van der Waals surface area contributed by atoms with Crippen LogP contribution in [0, 0.1) is 11.7 Å². The molecule has 2 aromatic carbocycles. The highest BCUT2D eigenvalue weighted by Crippen LogP contribution is 2.25. The van der Waals surface area contributed by atoms with Crippen LogP contribution < -0.4 is 15.6 Å². The zero-order valence-electron chi connectivity index (χ0n) is 16.7. The number of aryl methyl sites for hydroxylation is 1. The van der Waals surface area contributed by atoms with Gasteiger partial charge in [-0.3, -0.25) is 14.2 Å². The van der Waals surface area contributed by atoms with E-state index in [4.69, 9.17) is 17.0 Å². The van der Waals surface area contributed by atoms with Crippen molar-refractivity contribution in [2.75, 3.05) is 13.7 Å². The van der Waals surface area contributed by atoms with Gasteiger partial charge in [0.1, 0.15) is 17.8 Å². The number of benzene rings is 2. The van der Waals surface area contributed by atoms with Gasteiger partial charge in [0.25, 0.3) is 5.56 Å². The minimum absolute atomic E-state index is 0.142. The lowest BCUT2D eigenvalue weighted by molar-refractivity contribution is -0.121. The van der Waals surface area contributed by atoms with Gasteiger partial charge in [-0.05, 0) is 49.3 Å². The molecule has 2 aromatic heterocycles. The van der Waals surface area contributed by atoms with E-state index in [0.29, 0.717) is 23.3 Å². The Morgan fingerprint density at radius 2 is 1.90 bits per heavy atom. The molecule has 4 rings (SSSR count). The fourth-order valence-electron chi connectivity index (χ4n) is 3.43. The third-order valence-corrected chi connectivity index (χ3v) is 5.42. The van der Waals surface area contributed by atoms with Crippen LogP contribution in [0.4, 0.5) is 0 Å². The molecule has 0 spiro atoms. The van der Waals surface area contributed by atoms with Gasteiger partial charge >= 0.3 is 0 Å². The van der Waals surface area contributed by atoms with Crippen molar-refractivity contribution < 1.29 is 9.53 Å². The van der Waals surface area contributed by atoms with Crippen molar-refractivity contribution in [3.05, 3.63) is 68.7 Å². The molecule has 0 atom stereocenters. The van der Waals surface area contributed by atoms with Gasteiger partial charge < -0.3 is 20.0 Å². The monoisotopic (exact) mass is 422 g/mol. The number of methoxy groups -OCH3 is 1. The Morgan fingerprint density at radius 3 is 2.63 bits per heavy atom. The van der Waals surface area contributed by atoms with Gasteiger partial charge in [0.15, 0.2) is 4.77 Å². The Hall–Kier alpha value is -3.39. The first-order valence-electron chi connectivity index (χ1n) is 9.61. The summed E-state index contributed by atoms with van der Waals surface area (Å²) in [6.45, 7) is 2.38. The number of nitrogens with zero attached hydrogens (tertiary/aromatic N) is 1. The molecule has 0 saturated heterocycles. The van der Waals surface area contributed by atoms with Crippen LogP contribution in [0.2, 0.25) is 0 Å². The standard InChI is InChI=1S/C22H22N4O3S/c1-13-3-5-14(6-4-13)9-10-23-18(27)12-26-21(28)20-19(25-22(26)30)16-11-15(29-2)7-8-17(16)24-20/h3-8,11,24H,9-10,12H2,1-2H3,(H,23,27)(H,25,30). The maximum atomic E-state index is 13.0. The van der Waals surface area contributed by atoms with Crippen LogP contribution in [0.25, 0.3) is 21.9 Å². The van der Waals surface area contributed by atoms with Crippen molar-refractivity contribution in [3.63, 3.8) is 0 Å². The fraction of sp³-hybridized carbons (Fsp3) is 0.227. The number of rotatable bonds is 6. The number of hydrogen-bond donors (Lipinski definition) is 3. The van der Waals surface area contributed by atoms with Gasteiger partial charge in [-0.25, -0.2) is 0 Å². The molecule has 0 unspecified atom stereocenters. The van der Waals surface area contributed by atoms with Gasteiger partial charge in [0.05, 0.1) is 12.6 Å². The summed E-state index contributed by atoms with van der Waals surface area (Å²) in [5.74, 6) is 0.417. The largest absolute Gasteiger partial charge is 0.497 e. The fourth-order valence-corrected chi connectivity index (χ4v) is 3.68. The van der Waals surface area contributed by atoms with Crippen molar-refractivity contribution in [2.45, 2.75) is 19.9 Å².